The second kappa shape index (κ2) is 4.72. The number of alkyl halides is 6. The summed E-state index contributed by atoms with van der Waals surface area (Å²) in [5.41, 5.74) is 0. The zero-order valence-electron chi connectivity index (χ0n) is 6.91. The van der Waals surface area contributed by atoms with Gasteiger partial charge in [0.2, 0.25) is 0 Å². The van der Waals surface area contributed by atoms with Gasteiger partial charge in [0.25, 0.3) is 0 Å². The molecule has 80 valence electrons. The molecule has 0 fully saturated rings. The number of rotatable bonds is 5. The summed E-state index contributed by atoms with van der Waals surface area (Å²) in [5, 5.41) is 0. The molecule has 13 heavy (non-hydrogen) atoms. The lowest BCUT2D eigenvalue weighted by molar-refractivity contribution is -0.123. The van der Waals surface area contributed by atoms with E-state index in [2.05, 4.69) is 0 Å². The summed E-state index contributed by atoms with van der Waals surface area (Å²) < 4.78 is 73.0. The monoisotopic (exact) mass is 208 g/mol. The summed E-state index contributed by atoms with van der Waals surface area (Å²) in [6.45, 7) is -1.15. The van der Waals surface area contributed by atoms with Crippen molar-refractivity contribution < 1.29 is 26.3 Å². The first kappa shape index (κ1) is 12.6. The van der Waals surface area contributed by atoms with Gasteiger partial charge in [0.05, 0.1) is 0 Å². The van der Waals surface area contributed by atoms with Gasteiger partial charge in [-0.15, -0.1) is 0 Å². The molecule has 2 unspecified atom stereocenters. The molecule has 0 spiro atoms. The molecule has 0 N–H and O–H groups in total. The molecule has 0 aromatic heterocycles. The highest BCUT2D eigenvalue weighted by molar-refractivity contribution is 4.86. The van der Waals surface area contributed by atoms with Crippen LogP contribution in [0.5, 0.6) is 0 Å². The largest absolute Gasteiger partial charge is 0.309 e. The molecule has 0 aromatic carbocycles. The number of hydrogen-bond donors (Lipinski definition) is 0. The minimum absolute atomic E-state index is 0.427. The van der Waals surface area contributed by atoms with Crippen LogP contribution < -0.4 is 0 Å². The molecule has 0 aromatic rings. The Hall–Kier alpha value is -0.420. The molecular weight excluding hydrogens is 198 g/mol. The van der Waals surface area contributed by atoms with Crippen molar-refractivity contribution >= 4 is 0 Å². The maximum Gasteiger partial charge on any atom is 0.309 e. The van der Waals surface area contributed by atoms with E-state index < -0.39 is 37.5 Å². The lowest BCUT2D eigenvalue weighted by Gasteiger charge is -2.22. The van der Waals surface area contributed by atoms with Crippen LogP contribution in [0.3, 0.4) is 0 Å². The number of halogens is 6. The van der Waals surface area contributed by atoms with Gasteiger partial charge in [-0.1, -0.05) is 6.92 Å². The predicted octanol–water partition coefficient (Wildman–Crippen LogP) is 3.02. The summed E-state index contributed by atoms with van der Waals surface area (Å²) in [4.78, 5) is 0. The highest BCUT2D eigenvalue weighted by atomic mass is 19.3. The Morgan fingerprint density at radius 3 is 1.92 bits per heavy atom. The second-order valence-corrected chi connectivity index (χ2v) is 2.67. The van der Waals surface area contributed by atoms with Crippen LogP contribution >= 0.6 is 0 Å². The molecule has 6 heteroatoms. The molecule has 0 aliphatic heterocycles. The Morgan fingerprint density at radius 1 is 1.15 bits per heavy atom. The third kappa shape index (κ3) is 3.08. The van der Waals surface area contributed by atoms with E-state index >= 15 is 0 Å². The predicted molar refractivity (Wildman–Crippen MR) is 35.9 cm³/mol. The highest BCUT2D eigenvalue weighted by Gasteiger charge is 2.48. The van der Waals surface area contributed by atoms with Crippen LogP contribution in [0.1, 0.15) is 13.3 Å². The molecule has 0 radical (unpaired) electrons. The van der Waals surface area contributed by atoms with Crippen molar-refractivity contribution in [3.05, 3.63) is 0 Å². The first-order valence-corrected chi connectivity index (χ1v) is 3.72. The Labute approximate surface area is 71.9 Å². The fourth-order valence-corrected chi connectivity index (χ4v) is 0.715. The third-order valence-electron chi connectivity index (χ3n) is 1.60. The lowest BCUT2D eigenvalue weighted by atomic mass is 10.1. The third-order valence-corrected chi connectivity index (χ3v) is 1.60. The minimum atomic E-state index is -4.45. The van der Waals surface area contributed by atoms with Gasteiger partial charge < -0.3 is 0 Å². The Balaban J connectivity index is 4.32. The van der Waals surface area contributed by atoms with Crippen LogP contribution in [0.15, 0.2) is 0 Å². The summed E-state index contributed by atoms with van der Waals surface area (Å²) in [5.74, 6) is -4.45. The van der Waals surface area contributed by atoms with Crippen molar-refractivity contribution in [3.63, 3.8) is 0 Å². The normalized spacial score (nSPS) is 19.6. The van der Waals surface area contributed by atoms with Gasteiger partial charge in [-0.25, -0.2) is 26.3 Å². The van der Waals surface area contributed by atoms with E-state index in [0.717, 1.165) is 0 Å². The van der Waals surface area contributed by atoms with Gasteiger partial charge in [0.15, 0.2) is 19.0 Å². The van der Waals surface area contributed by atoms with Crippen LogP contribution in [0.25, 0.3) is 0 Å². The molecule has 0 nitrogen and oxygen atoms in total. The molecule has 0 bridgehead atoms. The van der Waals surface area contributed by atoms with Gasteiger partial charge in [-0.3, -0.25) is 0 Å². The number of hydrogen-bond acceptors (Lipinski definition) is 0. The van der Waals surface area contributed by atoms with E-state index in [1.165, 1.54) is 6.92 Å². The summed E-state index contributed by atoms with van der Waals surface area (Å²) in [6, 6.07) is 0. The Bertz CT molecular complexity index is 148. The minimum Gasteiger partial charge on any atom is -0.244 e. The fraction of sp³-hybridized carbons (Fsp3) is 1.00. The van der Waals surface area contributed by atoms with Crippen molar-refractivity contribution in [2.45, 2.75) is 37.8 Å². The zero-order valence-corrected chi connectivity index (χ0v) is 6.91. The Morgan fingerprint density at radius 2 is 1.62 bits per heavy atom. The topological polar surface area (TPSA) is 0 Å². The van der Waals surface area contributed by atoms with E-state index in [9.17, 15) is 26.3 Å². The highest BCUT2D eigenvalue weighted by Crippen LogP contribution is 2.29. The van der Waals surface area contributed by atoms with Crippen LogP contribution in [0.2, 0.25) is 0 Å². The lowest BCUT2D eigenvalue weighted by Crippen LogP contribution is -2.43. The average Bonchev–Trinajstić information content (AvgIpc) is 2.14. The molecule has 0 rings (SSSR count). The van der Waals surface area contributed by atoms with Gasteiger partial charge in [0, 0.05) is 0 Å². The van der Waals surface area contributed by atoms with Crippen molar-refractivity contribution in [1.82, 2.24) is 0 Å². The molecule has 0 aliphatic rings. The van der Waals surface area contributed by atoms with Gasteiger partial charge in [-0.05, 0) is 6.42 Å². The van der Waals surface area contributed by atoms with Gasteiger partial charge >= 0.3 is 5.92 Å². The van der Waals surface area contributed by atoms with Gasteiger partial charge in [-0.2, -0.15) is 0 Å². The SMILES string of the molecule is CCC(F)C(F)[C@H](F)C(F)(F)CF. The summed E-state index contributed by atoms with van der Waals surface area (Å²) >= 11 is 0. The van der Waals surface area contributed by atoms with Crippen molar-refractivity contribution in [1.29, 1.82) is 0 Å². The maximum atomic E-state index is 12.5. The van der Waals surface area contributed by atoms with Crippen molar-refractivity contribution in [2.24, 2.45) is 0 Å². The van der Waals surface area contributed by atoms with E-state index in [1.54, 1.807) is 0 Å². The molecular formula is C7H10F6. The van der Waals surface area contributed by atoms with Crippen LogP contribution in [0, 0.1) is 0 Å². The van der Waals surface area contributed by atoms with Crippen molar-refractivity contribution in [3.8, 4) is 0 Å². The first-order valence-electron chi connectivity index (χ1n) is 3.72. The molecule has 0 aliphatic carbocycles. The summed E-state index contributed by atoms with van der Waals surface area (Å²) in [7, 11) is 0. The summed E-state index contributed by atoms with van der Waals surface area (Å²) in [6.07, 6.45) is -9.15. The fourth-order valence-electron chi connectivity index (χ4n) is 0.715. The van der Waals surface area contributed by atoms with E-state index in [4.69, 9.17) is 0 Å². The smallest absolute Gasteiger partial charge is 0.244 e. The Kier molecular flexibility index (Phi) is 4.56. The zero-order chi connectivity index (χ0) is 10.6. The average molecular weight is 208 g/mol. The van der Waals surface area contributed by atoms with E-state index in [0.29, 0.717) is 0 Å². The van der Waals surface area contributed by atoms with E-state index in [1.807, 2.05) is 0 Å². The maximum absolute atomic E-state index is 12.5. The molecule has 0 amide bonds. The van der Waals surface area contributed by atoms with Crippen LogP contribution in [-0.2, 0) is 0 Å². The quantitative estimate of drug-likeness (QED) is 0.609. The molecule has 0 saturated carbocycles. The van der Waals surface area contributed by atoms with E-state index in [-0.39, 0.29) is 0 Å². The second-order valence-electron chi connectivity index (χ2n) is 2.67. The molecule has 0 heterocycles. The van der Waals surface area contributed by atoms with Crippen LogP contribution in [-0.4, -0.2) is 31.1 Å². The first-order chi connectivity index (χ1) is 5.86. The standard InChI is InChI=1S/C7H10F6/c1-2-4(9)5(10)6(11)7(12,13)3-8/h4-6H,2-3H2,1H3/t4?,5?,6-/m0/s1. The molecule has 0 saturated heterocycles. The van der Waals surface area contributed by atoms with Crippen molar-refractivity contribution in [2.75, 3.05) is 6.67 Å². The van der Waals surface area contributed by atoms with Gasteiger partial charge in [0.1, 0.15) is 6.17 Å². The van der Waals surface area contributed by atoms with Crippen LogP contribution in [0.4, 0.5) is 26.3 Å². The molecule has 3 atom stereocenters.